The minimum Gasteiger partial charge on any atom is -0.277 e. The van der Waals surface area contributed by atoms with Crippen molar-refractivity contribution < 1.29 is 13.2 Å². The van der Waals surface area contributed by atoms with Crippen molar-refractivity contribution in [3.8, 4) is 0 Å². The molecule has 2 rings (SSSR count). The van der Waals surface area contributed by atoms with Crippen molar-refractivity contribution in [2.75, 3.05) is 5.43 Å². The summed E-state index contributed by atoms with van der Waals surface area (Å²) in [6.07, 6.45) is -2.91. The van der Waals surface area contributed by atoms with Gasteiger partial charge in [0.05, 0.1) is 22.5 Å². The summed E-state index contributed by atoms with van der Waals surface area (Å²) in [5.74, 6) is 0. The van der Waals surface area contributed by atoms with Crippen molar-refractivity contribution in [1.29, 1.82) is 0 Å². The van der Waals surface area contributed by atoms with E-state index in [2.05, 4.69) is 10.5 Å². The van der Waals surface area contributed by atoms with Crippen LogP contribution in [0.25, 0.3) is 0 Å². The number of alkyl halides is 3. The molecule has 0 fully saturated rings. The number of halogens is 4. The number of nitrogens with one attached hydrogen (secondary N) is 1. The van der Waals surface area contributed by atoms with Gasteiger partial charge in [0.25, 0.3) is 0 Å². The normalized spacial score (nSPS) is 11.8. The lowest BCUT2D eigenvalue weighted by molar-refractivity contribution is -0.137. The maximum Gasteiger partial charge on any atom is 0.416 e. The molecule has 0 aromatic heterocycles. The lowest BCUT2D eigenvalue weighted by Crippen LogP contribution is -2.04. The smallest absolute Gasteiger partial charge is 0.277 e. The van der Waals surface area contributed by atoms with Crippen LogP contribution < -0.4 is 5.43 Å². The number of rotatable bonds is 3. The number of benzene rings is 2. The maximum absolute atomic E-state index is 12.4. The van der Waals surface area contributed by atoms with Gasteiger partial charge in [0, 0.05) is 0 Å². The van der Waals surface area contributed by atoms with E-state index in [9.17, 15) is 13.2 Å². The summed E-state index contributed by atoms with van der Waals surface area (Å²) >= 11 is 5.92. The molecule has 2 nitrogen and oxygen atoms in total. The van der Waals surface area contributed by atoms with Gasteiger partial charge in [0.15, 0.2) is 0 Å². The van der Waals surface area contributed by atoms with Crippen molar-refractivity contribution in [2.24, 2.45) is 5.10 Å². The van der Waals surface area contributed by atoms with E-state index >= 15 is 0 Å². The third-order valence-corrected chi connectivity index (χ3v) is 2.84. The Balaban J connectivity index is 2.04. The molecule has 0 saturated heterocycles. The Morgan fingerprint density at radius 3 is 2.25 bits per heavy atom. The summed E-state index contributed by atoms with van der Waals surface area (Å²) < 4.78 is 37.1. The molecule has 2 aromatic rings. The second kappa shape index (κ2) is 5.96. The highest BCUT2D eigenvalue weighted by atomic mass is 35.5. The molecule has 0 bridgehead atoms. The first kappa shape index (κ1) is 14.4. The molecule has 20 heavy (non-hydrogen) atoms. The molecule has 0 spiro atoms. The topological polar surface area (TPSA) is 24.4 Å². The van der Waals surface area contributed by atoms with Crippen LogP contribution >= 0.6 is 11.6 Å². The van der Waals surface area contributed by atoms with Crippen LogP contribution in [-0.2, 0) is 6.18 Å². The van der Waals surface area contributed by atoms with Crippen molar-refractivity contribution in [2.45, 2.75) is 6.18 Å². The van der Waals surface area contributed by atoms with Gasteiger partial charge in [-0.15, -0.1) is 0 Å². The zero-order valence-corrected chi connectivity index (χ0v) is 10.9. The van der Waals surface area contributed by atoms with Gasteiger partial charge in [-0.25, -0.2) is 0 Å². The number of para-hydroxylation sites is 1. The van der Waals surface area contributed by atoms with Crippen LogP contribution in [0.5, 0.6) is 0 Å². The van der Waals surface area contributed by atoms with E-state index in [1.54, 1.807) is 24.3 Å². The molecule has 0 saturated carbocycles. The Labute approximate surface area is 118 Å². The van der Waals surface area contributed by atoms with Crippen LogP contribution in [-0.4, -0.2) is 6.21 Å². The largest absolute Gasteiger partial charge is 0.416 e. The molecular formula is C14H10ClF3N2. The van der Waals surface area contributed by atoms with Crippen LogP contribution in [0.1, 0.15) is 11.1 Å². The number of nitrogens with zero attached hydrogens (tertiary/aromatic N) is 1. The predicted molar refractivity (Wildman–Crippen MR) is 74.1 cm³/mol. The Hall–Kier alpha value is -2.01. The fourth-order valence-electron chi connectivity index (χ4n) is 1.49. The number of hydrogen-bond donors (Lipinski definition) is 1. The molecule has 0 aliphatic heterocycles. The molecule has 0 radical (unpaired) electrons. The van der Waals surface area contributed by atoms with E-state index < -0.39 is 11.7 Å². The van der Waals surface area contributed by atoms with Crippen LogP contribution in [0.15, 0.2) is 53.6 Å². The number of hydrogen-bond acceptors (Lipinski definition) is 2. The molecule has 2 aromatic carbocycles. The summed E-state index contributed by atoms with van der Waals surface area (Å²) in [5.41, 5.74) is 3.21. The van der Waals surface area contributed by atoms with Crippen LogP contribution in [0.2, 0.25) is 5.02 Å². The van der Waals surface area contributed by atoms with E-state index in [1.807, 2.05) is 0 Å². The van der Waals surface area contributed by atoms with Gasteiger partial charge in [-0.05, 0) is 29.8 Å². The van der Waals surface area contributed by atoms with Crippen molar-refractivity contribution in [1.82, 2.24) is 0 Å². The predicted octanol–water partition coefficient (Wildman–Crippen LogP) is 4.80. The highest BCUT2D eigenvalue weighted by Gasteiger charge is 2.29. The number of anilines is 1. The van der Waals surface area contributed by atoms with Crippen LogP contribution in [0.4, 0.5) is 18.9 Å². The van der Waals surface area contributed by atoms with Crippen LogP contribution in [0, 0.1) is 0 Å². The summed E-state index contributed by atoms with van der Waals surface area (Å²) in [4.78, 5) is 0. The highest BCUT2D eigenvalue weighted by Crippen LogP contribution is 2.28. The fraction of sp³-hybridized carbons (Fsp3) is 0.0714. The minimum absolute atomic E-state index is 0.511. The Morgan fingerprint density at radius 1 is 1.00 bits per heavy atom. The Morgan fingerprint density at radius 2 is 1.65 bits per heavy atom. The van der Waals surface area contributed by atoms with E-state index in [4.69, 9.17) is 11.6 Å². The molecule has 104 valence electrons. The van der Waals surface area contributed by atoms with Gasteiger partial charge in [-0.2, -0.15) is 18.3 Å². The highest BCUT2D eigenvalue weighted by molar-refractivity contribution is 6.33. The first-order valence-corrected chi connectivity index (χ1v) is 6.05. The third-order valence-electron chi connectivity index (χ3n) is 2.51. The van der Waals surface area contributed by atoms with Crippen LogP contribution in [0.3, 0.4) is 0 Å². The van der Waals surface area contributed by atoms with Gasteiger partial charge in [0.1, 0.15) is 0 Å². The quantitative estimate of drug-likeness (QED) is 0.638. The van der Waals surface area contributed by atoms with E-state index in [0.717, 1.165) is 12.1 Å². The third kappa shape index (κ3) is 3.74. The fourth-order valence-corrected chi connectivity index (χ4v) is 1.66. The zero-order chi connectivity index (χ0) is 14.6. The lowest BCUT2D eigenvalue weighted by Gasteiger charge is -2.06. The summed E-state index contributed by atoms with van der Waals surface area (Å²) in [7, 11) is 0. The lowest BCUT2D eigenvalue weighted by atomic mass is 10.1. The average Bonchev–Trinajstić information content (AvgIpc) is 2.40. The van der Waals surface area contributed by atoms with Crippen molar-refractivity contribution in [3.63, 3.8) is 0 Å². The van der Waals surface area contributed by atoms with E-state index in [0.29, 0.717) is 16.3 Å². The molecule has 0 unspecified atom stereocenters. The summed E-state index contributed by atoms with van der Waals surface area (Å²) in [6, 6.07) is 11.7. The van der Waals surface area contributed by atoms with Crippen molar-refractivity contribution in [3.05, 3.63) is 64.7 Å². The first-order chi connectivity index (χ1) is 9.47. The number of hydrazone groups is 1. The average molecular weight is 299 g/mol. The molecule has 1 N–H and O–H groups in total. The van der Waals surface area contributed by atoms with Gasteiger partial charge >= 0.3 is 6.18 Å². The SMILES string of the molecule is FC(F)(F)c1ccc(C=NNc2ccccc2Cl)cc1. The Bertz CT molecular complexity index is 607. The molecule has 0 aliphatic carbocycles. The second-order valence-electron chi connectivity index (χ2n) is 3.97. The van der Waals surface area contributed by atoms with Gasteiger partial charge < -0.3 is 0 Å². The zero-order valence-electron chi connectivity index (χ0n) is 10.2. The molecular weight excluding hydrogens is 289 g/mol. The summed E-state index contributed by atoms with van der Waals surface area (Å²) in [5, 5.41) is 4.44. The molecule has 0 amide bonds. The van der Waals surface area contributed by atoms with Gasteiger partial charge in [0.2, 0.25) is 0 Å². The monoisotopic (exact) mass is 298 g/mol. The standard InChI is InChI=1S/C14H10ClF3N2/c15-12-3-1-2-4-13(12)20-19-9-10-5-7-11(8-6-10)14(16,17)18/h1-9,20H. The van der Waals surface area contributed by atoms with Crippen molar-refractivity contribution >= 4 is 23.5 Å². The molecule has 0 heterocycles. The molecule has 6 heteroatoms. The minimum atomic E-state index is -4.33. The van der Waals surface area contributed by atoms with E-state index in [-0.39, 0.29) is 0 Å². The van der Waals surface area contributed by atoms with Gasteiger partial charge in [-0.1, -0.05) is 35.9 Å². The molecule has 0 atom stereocenters. The maximum atomic E-state index is 12.4. The first-order valence-electron chi connectivity index (χ1n) is 5.68. The van der Waals surface area contributed by atoms with Gasteiger partial charge in [-0.3, -0.25) is 5.43 Å². The Kier molecular flexibility index (Phi) is 4.29. The summed E-state index contributed by atoms with van der Waals surface area (Å²) in [6.45, 7) is 0. The second-order valence-corrected chi connectivity index (χ2v) is 4.38. The van der Waals surface area contributed by atoms with E-state index in [1.165, 1.54) is 18.3 Å². The molecule has 0 aliphatic rings.